The summed E-state index contributed by atoms with van der Waals surface area (Å²) in [4.78, 5) is 11.5. The summed E-state index contributed by atoms with van der Waals surface area (Å²) in [6.45, 7) is 0. The number of halogens is 1. The van der Waals surface area contributed by atoms with Crippen LogP contribution in [-0.4, -0.2) is 35.7 Å². The lowest BCUT2D eigenvalue weighted by Gasteiger charge is -2.14. The van der Waals surface area contributed by atoms with E-state index < -0.39 is 16.0 Å². The van der Waals surface area contributed by atoms with E-state index in [9.17, 15) is 13.2 Å². The molecule has 0 atom stereocenters. The zero-order chi connectivity index (χ0) is 17.9. The average Bonchev–Trinajstić information content (AvgIpc) is 3.05. The number of carbonyl (C=O) groups is 1. The summed E-state index contributed by atoms with van der Waals surface area (Å²) < 4.78 is 42.4. The van der Waals surface area contributed by atoms with Crippen molar-refractivity contribution in [3.63, 3.8) is 0 Å². The summed E-state index contributed by atoms with van der Waals surface area (Å²) in [5.74, 6) is -0.251. The third-order valence-corrected chi connectivity index (χ3v) is 5.73. The standard InChI is InChI=1S/C14H14ClNO6S2/c1-20-10-7-9(11(21-2)6-8(10)15)16-24(18,19)12-4-5-23-13(12)14(17)22-3/h4-7,16H,1-3H3. The molecule has 0 bridgehead atoms. The lowest BCUT2D eigenvalue weighted by Crippen LogP contribution is -2.16. The Morgan fingerprint density at radius 2 is 1.83 bits per heavy atom. The van der Waals surface area contributed by atoms with Crippen molar-refractivity contribution >= 4 is 44.6 Å². The normalized spacial score (nSPS) is 11.0. The van der Waals surface area contributed by atoms with Gasteiger partial charge >= 0.3 is 5.97 Å². The van der Waals surface area contributed by atoms with Gasteiger partial charge in [0.2, 0.25) is 0 Å². The second kappa shape index (κ2) is 7.29. The molecule has 130 valence electrons. The van der Waals surface area contributed by atoms with Gasteiger partial charge in [-0.25, -0.2) is 13.2 Å². The van der Waals surface area contributed by atoms with Gasteiger partial charge in [0.25, 0.3) is 10.0 Å². The molecule has 24 heavy (non-hydrogen) atoms. The maximum absolute atomic E-state index is 12.6. The Labute approximate surface area is 148 Å². The molecule has 1 N–H and O–H groups in total. The van der Waals surface area contributed by atoms with E-state index in [0.29, 0.717) is 0 Å². The molecule has 7 nitrogen and oxygen atoms in total. The maximum atomic E-state index is 12.6. The molecule has 1 aromatic heterocycles. The molecular formula is C14H14ClNO6S2. The van der Waals surface area contributed by atoms with Gasteiger partial charge in [0.05, 0.1) is 32.0 Å². The molecule has 0 saturated carbocycles. The van der Waals surface area contributed by atoms with E-state index in [2.05, 4.69) is 9.46 Å². The lowest BCUT2D eigenvalue weighted by molar-refractivity contribution is 0.0602. The lowest BCUT2D eigenvalue weighted by atomic mass is 10.3. The van der Waals surface area contributed by atoms with Gasteiger partial charge in [0.1, 0.15) is 21.3 Å². The molecule has 2 rings (SSSR count). The minimum absolute atomic E-state index is 0.0232. The van der Waals surface area contributed by atoms with Crippen molar-refractivity contribution in [3.05, 3.63) is 33.5 Å². The molecule has 0 aliphatic heterocycles. The summed E-state index contributed by atoms with van der Waals surface area (Å²) in [6.07, 6.45) is 0. The predicted molar refractivity (Wildman–Crippen MR) is 91.0 cm³/mol. The number of hydrogen-bond acceptors (Lipinski definition) is 7. The molecule has 0 amide bonds. The van der Waals surface area contributed by atoms with Gasteiger partial charge in [-0.05, 0) is 11.4 Å². The van der Waals surface area contributed by atoms with Crippen LogP contribution in [0.2, 0.25) is 5.02 Å². The van der Waals surface area contributed by atoms with Crippen molar-refractivity contribution in [2.24, 2.45) is 0 Å². The number of hydrogen-bond donors (Lipinski definition) is 1. The monoisotopic (exact) mass is 391 g/mol. The number of carbonyl (C=O) groups excluding carboxylic acids is 1. The number of esters is 1. The second-order valence-corrected chi connectivity index (χ2v) is 7.37. The van der Waals surface area contributed by atoms with Crippen molar-refractivity contribution in [2.45, 2.75) is 4.90 Å². The van der Waals surface area contributed by atoms with Crippen LogP contribution in [0, 0.1) is 0 Å². The highest BCUT2D eigenvalue weighted by Gasteiger charge is 2.26. The van der Waals surface area contributed by atoms with Gasteiger partial charge in [0, 0.05) is 12.1 Å². The van der Waals surface area contributed by atoms with Crippen LogP contribution in [0.15, 0.2) is 28.5 Å². The first-order valence-corrected chi connectivity index (χ1v) is 9.18. The van der Waals surface area contributed by atoms with Crippen molar-refractivity contribution in [1.82, 2.24) is 0 Å². The fourth-order valence-electron chi connectivity index (χ4n) is 1.89. The van der Waals surface area contributed by atoms with E-state index in [1.54, 1.807) is 0 Å². The molecule has 10 heteroatoms. The largest absolute Gasteiger partial charge is 0.495 e. The Morgan fingerprint density at radius 1 is 1.17 bits per heavy atom. The van der Waals surface area contributed by atoms with Crippen molar-refractivity contribution in [3.8, 4) is 11.5 Å². The highest BCUT2D eigenvalue weighted by molar-refractivity contribution is 7.93. The molecule has 0 saturated heterocycles. The fraction of sp³-hybridized carbons (Fsp3) is 0.214. The Morgan fingerprint density at radius 3 is 2.42 bits per heavy atom. The predicted octanol–water partition coefficient (Wildman–Crippen LogP) is 3.01. The van der Waals surface area contributed by atoms with Crippen LogP contribution in [-0.2, 0) is 14.8 Å². The van der Waals surface area contributed by atoms with Gasteiger partial charge in [0.15, 0.2) is 0 Å². The topological polar surface area (TPSA) is 90.9 Å². The van der Waals surface area contributed by atoms with E-state index >= 15 is 0 Å². The molecule has 0 aliphatic carbocycles. The fourth-order valence-corrected chi connectivity index (χ4v) is 4.52. The van der Waals surface area contributed by atoms with Gasteiger partial charge in [-0.3, -0.25) is 4.72 Å². The minimum Gasteiger partial charge on any atom is -0.495 e. The number of anilines is 1. The van der Waals surface area contributed by atoms with Crippen LogP contribution in [0.1, 0.15) is 9.67 Å². The number of ether oxygens (including phenoxy) is 3. The first kappa shape index (κ1) is 18.4. The molecular weight excluding hydrogens is 378 g/mol. The van der Waals surface area contributed by atoms with E-state index in [-0.39, 0.29) is 32.0 Å². The zero-order valence-electron chi connectivity index (χ0n) is 13.0. The number of sulfonamides is 1. The first-order chi connectivity index (χ1) is 11.3. The summed E-state index contributed by atoms with van der Waals surface area (Å²) >= 11 is 6.96. The van der Waals surface area contributed by atoms with E-state index in [1.807, 2.05) is 0 Å². The van der Waals surface area contributed by atoms with E-state index in [0.717, 1.165) is 11.3 Å². The van der Waals surface area contributed by atoms with Gasteiger partial charge in [-0.1, -0.05) is 11.6 Å². The number of methoxy groups -OCH3 is 3. The highest BCUT2D eigenvalue weighted by atomic mass is 35.5. The first-order valence-electron chi connectivity index (χ1n) is 6.44. The molecule has 0 spiro atoms. The average molecular weight is 392 g/mol. The highest BCUT2D eigenvalue weighted by Crippen LogP contribution is 2.37. The van der Waals surface area contributed by atoms with Crippen LogP contribution in [0.4, 0.5) is 5.69 Å². The maximum Gasteiger partial charge on any atom is 0.349 e. The molecule has 2 aromatic rings. The molecule has 0 radical (unpaired) electrons. The van der Waals surface area contributed by atoms with Crippen LogP contribution >= 0.6 is 22.9 Å². The van der Waals surface area contributed by atoms with Gasteiger partial charge in [-0.2, -0.15) is 0 Å². The quantitative estimate of drug-likeness (QED) is 0.761. The van der Waals surface area contributed by atoms with Crippen molar-refractivity contribution in [1.29, 1.82) is 0 Å². The Balaban J connectivity index is 2.47. The van der Waals surface area contributed by atoms with E-state index in [1.165, 1.54) is 44.9 Å². The molecule has 0 aliphatic rings. The summed E-state index contributed by atoms with van der Waals surface area (Å²) in [6, 6.07) is 4.13. The summed E-state index contributed by atoms with van der Waals surface area (Å²) in [5, 5.41) is 1.75. The minimum atomic E-state index is -4.05. The van der Waals surface area contributed by atoms with Gasteiger partial charge in [-0.15, -0.1) is 11.3 Å². The summed E-state index contributed by atoms with van der Waals surface area (Å²) in [5.41, 5.74) is 0.126. The smallest absolute Gasteiger partial charge is 0.349 e. The van der Waals surface area contributed by atoms with Crippen molar-refractivity contribution < 1.29 is 27.4 Å². The SMILES string of the molecule is COC(=O)c1sccc1S(=O)(=O)Nc1cc(OC)c(Cl)cc1OC. The summed E-state index contributed by atoms with van der Waals surface area (Å²) in [7, 11) is -0.0873. The Bertz CT molecular complexity index is 862. The van der Waals surface area contributed by atoms with Crippen LogP contribution in [0.5, 0.6) is 11.5 Å². The number of thiophene rings is 1. The third kappa shape index (κ3) is 3.58. The molecule has 0 unspecified atom stereocenters. The number of rotatable bonds is 6. The third-order valence-electron chi connectivity index (χ3n) is 3.01. The van der Waals surface area contributed by atoms with Crippen molar-refractivity contribution in [2.75, 3.05) is 26.1 Å². The van der Waals surface area contributed by atoms with Crippen LogP contribution in [0.25, 0.3) is 0 Å². The Kier molecular flexibility index (Phi) is 5.58. The second-order valence-electron chi connectivity index (χ2n) is 4.40. The van der Waals surface area contributed by atoms with Gasteiger partial charge < -0.3 is 14.2 Å². The molecule has 0 fully saturated rings. The number of nitrogens with one attached hydrogen (secondary N) is 1. The molecule has 1 heterocycles. The van der Waals surface area contributed by atoms with E-state index in [4.69, 9.17) is 21.1 Å². The van der Waals surface area contributed by atoms with Crippen LogP contribution < -0.4 is 14.2 Å². The zero-order valence-corrected chi connectivity index (χ0v) is 15.3. The Hall–Kier alpha value is -1.97. The van der Waals surface area contributed by atoms with Crippen LogP contribution in [0.3, 0.4) is 0 Å². The molecule has 1 aromatic carbocycles. The number of benzene rings is 1.